The molecule has 1 aromatic heterocycles. The summed E-state index contributed by atoms with van der Waals surface area (Å²) in [7, 11) is 2.87. The number of esters is 1. The zero-order valence-electron chi connectivity index (χ0n) is 14.8. The zero-order valence-corrected chi connectivity index (χ0v) is 14.8. The highest BCUT2D eigenvalue weighted by Gasteiger charge is 2.19. The van der Waals surface area contributed by atoms with Crippen LogP contribution in [0.3, 0.4) is 0 Å². The van der Waals surface area contributed by atoms with E-state index >= 15 is 0 Å². The number of hydrogen-bond donors (Lipinski definition) is 1. The van der Waals surface area contributed by atoms with Gasteiger partial charge in [-0.05, 0) is 23.8 Å². The van der Waals surface area contributed by atoms with Gasteiger partial charge in [0.05, 0.1) is 36.4 Å². The van der Waals surface area contributed by atoms with Crippen molar-refractivity contribution in [2.75, 3.05) is 12.4 Å². The van der Waals surface area contributed by atoms with Gasteiger partial charge in [0.2, 0.25) is 5.91 Å². The highest BCUT2D eigenvalue weighted by atomic mass is 16.5. The van der Waals surface area contributed by atoms with E-state index < -0.39 is 17.8 Å². The van der Waals surface area contributed by atoms with E-state index in [9.17, 15) is 19.5 Å². The molecule has 1 heterocycles. The molecule has 3 rings (SSSR count). The van der Waals surface area contributed by atoms with E-state index in [2.05, 4.69) is 5.32 Å². The second-order valence-corrected chi connectivity index (χ2v) is 5.95. The van der Waals surface area contributed by atoms with Crippen molar-refractivity contribution in [3.8, 4) is 0 Å². The average Bonchev–Trinajstić information content (AvgIpc) is 2.94. The summed E-state index contributed by atoms with van der Waals surface area (Å²) in [6, 6.07) is 13.5. The van der Waals surface area contributed by atoms with E-state index in [0.29, 0.717) is 22.2 Å². The molecule has 0 unspecified atom stereocenters. The third-order valence-corrected chi connectivity index (χ3v) is 4.35. The molecule has 0 aliphatic carbocycles. The fourth-order valence-electron chi connectivity index (χ4n) is 3.15. The number of carbonyl (C=O) groups excluding carboxylic acids is 3. The fraction of sp³-hybridized carbons (Fsp3) is 0.150. The first-order valence-corrected chi connectivity index (χ1v) is 8.19. The van der Waals surface area contributed by atoms with Crippen LogP contribution in [0.1, 0.15) is 26.4 Å². The van der Waals surface area contributed by atoms with Crippen molar-refractivity contribution in [2.45, 2.75) is 6.42 Å². The molecule has 0 fully saturated rings. The molecule has 27 heavy (non-hydrogen) atoms. The lowest BCUT2D eigenvalue weighted by atomic mass is 10.1. The number of nitrogens with zero attached hydrogens (tertiary/aromatic N) is 1. The summed E-state index contributed by atoms with van der Waals surface area (Å²) < 4.78 is 6.20. The molecular formula is C20H17N2O5-. The average molecular weight is 365 g/mol. The number of anilines is 1. The maximum absolute atomic E-state index is 12.6. The molecule has 2 aromatic carbocycles. The fourth-order valence-corrected chi connectivity index (χ4v) is 3.15. The van der Waals surface area contributed by atoms with Crippen LogP contribution >= 0.6 is 0 Å². The van der Waals surface area contributed by atoms with Crippen LogP contribution in [-0.4, -0.2) is 29.5 Å². The smallest absolute Gasteiger partial charge is 0.339 e. The van der Waals surface area contributed by atoms with Gasteiger partial charge in [0.1, 0.15) is 0 Å². The Balaban J connectivity index is 1.95. The predicted molar refractivity (Wildman–Crippen MR) is 97.4 cm³/mol. The molecular weight excluding hydrogens is 348 g/mol. The Morgan fingerprint density at radius 1 is 1.07 bits per heavy atom. The van der Waals surface area contributed by atoms with Crippen molar-refractivity contribution in [3.63, 3.8) is 0 Å². The van der Waals surface area contributed by atoms with E-state index in [4.69, 9.17) is 4.74 Å². The molecule has 0 aliphatic heterocycles. The molecule has 1 N–H and O–H groups in total. The molecule has 0 bridgehead atoms. The molecule has 0 spiro atoms. The van der Waals surface area contributed by atoms with Crippen molar-refractivity contribution in [1.29, 1.82) is 0 Å². The van der Waals surface area contributed by atoms with E-state index in [1.807, 2.05) is 0 Å². The number of carbonyl (C=O) groups is 3. The van der Waals surface area contributed by atoms with Crippen LogP contribution in [0.5, 0.6) is 0 Å². The lowest BCUT2D eigenvalue weighted by Gasteiger charge is -2.11. The Bertz CT molecular complexity index is 1050. The molecule has 0 saturated heterocycles. The van der Waals surface area contributed by atoms with Crippen LogP contribution in [-0.2, 0) is 23.0 Å². The number of carboxylic acid groups (broad SMARTS) is 1. The van der Waals surface area contributed by atoms with Gasteiger partial charge in [-0.15, -0.1) is 0 Å². The van der Waals surface area contributed by atoms with Gasteiger partial charge in [0.15, 0.2) is 0 Å². The predicted octanol–water partition coefficient (Wildman–Crippen LogP) is 1.51. The summed E-state index contributed by atoms with van der Waals surface area (Å²) in [4.78, 5) is 36.0. The number of aromatic carboxylic acids is 1. The number of aryl methyl sites for hydroxylation is 1. The standard InChI is InChI=1S/C20H18N2O5/c1-22-16-10-6-4-7-12(16)14(18(22)19(24)25)11-17(23)21-15-9-5-3-8-13(15)20(26)27-2/h3-10H,11H2,1-2H3,(H,21,23)(H,24,25)/p-1. The molecule has 1 amide bonds. The second-order valence-electron chi connectivity index (χ2n) is 5.95. The van der Waals surface area contributed by atoms with Gasteiger partial charge < -0.3 is 24.5 Å². The Morgan fingerprint density at radius 2 is 1.74 bits per heavy atom. The van der Waals surface area contributed by atoms with E-state index in [-0.39, 0.29) is 17.7 Å². The third kappa shape index (κ3) is 3.39. The number of amides is 1. The first kappa shape index (κ1) is 18.2. The molecule has 7 heteroatoms. The SMILES string of the molecule is COC(=O)c1ccccc1NC(=O)Cc1c(C(=O)[O-])n(C)c2ccccc12. The Morgan fingerprint density at radius 3 is 2.44 bits per heavy atom. The summed E-state index contributed by atoms with van der Waals surface area (Å²) in [5.74, 6) is -2.39. The number of carboxylic acids is 1. The van der Waals surface area contributed by atoms with Crippen LogP contribution in [0.2, 0.25) is 0 Å². The van der Waals surface area contributed by atoms with E-state index in [0.717, 1.165) is 0 Å². The summed E-state index contributed by atoms with van der Waals surface area (Å²) in [6.07, 6.45) is -0.180. The highest BCUT2D eigenvalue weighted by molar-refractivity contribution is 6.05. The monoisotopic (exact) mass is 365 g/mol. The van der Waals surface area contributed by atoms with Crippen LogP contribution in [0.4, 0.5) is 5.69 Å². The molecule has 0 saturated carbocycles. The third-order valence-electron chi connectivity index (χ3n) is 4.35. The molecule has 138 valence electrons. The Kier molecular flexibility index (Phi) is 4.94. The summed E-state index contributed by atoms with van der Waals surface area (Å²) in [5, 5.41) is 14.9. The molecule has 0 radical (unpaired) electrons. The van der Waals surface area contributed by atoms with Gasteiger partial charge in [0, 0.05) is 18.0 Å². The van der Waals surface area contributed by atoms with Gasteiger partial charge in [-0.1, -0.05) is 30.3 Å². The van der Waals surface area contributed by atoms with Crippen LogP contribution in [0.15, 0.2) is 48.5 Å². The minimum absolute atomic E-state index is 0.0485. The van der Waals surface area contributed by atoms with Gasteiger partial charge in [0.25, 0.3) is 0 Å². The largest absolute Gasteiger partial charge is 0.543 e. The summed E-state index contributed by atoms with van der Waals surface area (Å²) >= 11 is 0. The normalized spacial score (nSPS) is 10.6. The minimum atomic E-state index is -1.36. The lowest BCUT2D eigenvalue weighted by molar-refractivity contribution is -0.255. The lowest BCUT2D eigenvalue weighted by Crippen LogP contribution is -2.27. The molecule has 0 aliphatic rings. The summed E-state index contributed by atoms with van der Waals surface area (Å²) in [6.45, 7) is 0. The number of fused-ring (bicyclic) bond motifs is 1. The molecule has 7 nitrogen and oxygen atoms in total. The van der Waals surface area contributed by atoms with Crippen molar-refractivity contribution < 1.29 is 24.2 Å². The number of para-hydroxylation sites is 2. The highest BCUT2D eigenvalue weighted by Crippen LogP contribution is 2.26. The minimum Gasteiger partial charge on any atom is -0.543 e. The number of nitrogens with one attached hydrogen (secondary N) is 1. The second kappa shape index (κ2) is 7.33. The number of hydrogen-bond acceptors (Lipinski definition) is 5. The molecule has 0 atom stereocenters. The zero-order chi connectivity index (χ0) is 19.6. The quantitative estimate of drug-likeness (QED) is 0.691. The van der Waals surface area contributed by atoms with Gasteiger partial charge in [-0.2, -0.15) is 0 Å². The summed E-state index contributed by atoms with van der Waals surface area (Å²) in [5.41, 5.74) is 1.51. The van der Waals surface area contributed by atoms with Crippen LogP contribution in [0.25, 0.3) is 10.9 Å². The maximum Gasteiger partial charge on any atom is 0.339 e. The number of methoxy groups -OCH3 is 1. The number of ether oxygens (including phenoxy) is 1. The van der Waals surface area contributed by atoms with Crippen molar-refractivity contribution in [2.24, 2.45) is 7.05 Å². The van der Waals surface area contributed by atoms with E-state index in [1.165, 1.54) is 17.7 Å². The topological polar surface area (TPSA) is 100 Å². The maximum atomic E-state index is 12.6. The van der Waals surface area contributed by atoms with Gasteiger partial charge in [-0.25, -0.2) is 4.79 Å². The molecule has 3 aromatic rings. The van der Waals surface area contributed by atoms with E-state index in [1.54, 1.807) is 49.5 Å². The Labute approximate surface area is 155 Å². The van der Waals surface area contributed by atoms with Gasteiger partial charge >= 0.3 is 5.97 Å². The first-order chi connectivity index (χ1) is 12.9. The van der Waals surface area contributed by atoms with Crippen molar-refractivity contribution in [3.05, 3.63) is 65.4 Å². The van der Waals surface area contributed by atoms with Crippen LogP contribution < -0.4 is 10.4 Å². The van der Waals surface area contributed by atoms with Crippen molar-refractivity contribution in [1.82, 2.24) is 4.57 Å². The van der Waals surface area contributed by atoms with Crippen LogP contribution in [0, 0.1) is 0 Å². The Hall–Kier alpha value is -3.61. The number of aromatic nitrogens is 1. The number of benzene rings is 2. The number of rotatable bonds is 5. The first-order valence-electron chi connectivity index (χ1n) is 8.19. The van der Waals surface area contributed by atoms with Gasteiger partial charge in [-0.3, -0.25) is 4.79 Å². The van der Waals surface area contributed by atoms with Crippen molar-refractivity contribution >= 4 is 34.4 Å².